The molecule has 0 atom stereocenters. The summed E-state index contributed by atoms with van der Waals surface area (Å²) in [4.78, 5) is 27.2. The maximum atomic E-state index is 13.1. The molecule has 6 heteroatoms. The van der Waals surface area contributed by atoms with Crippen LogP contribution in [0.4, 0.5) is 5.69 Å². The first-order valence-corrected chi connectivity index (χ1v) is 9.14. The summed E-state index contributed by atoms with van der Waals surface area (Å²) >= 11 is 12.0. The number of anilines is 1. The second kappa shape index (κ2) is 7.99. The molecule has 0 saturated heterocycles. The number of esters is 1. The normalized spacial score (nSPS) is 15.6. The lowest BCUT2D eigenvalue weighted by atomic mass is 10.0. The molecular weight excluding hydrogens is 385 g/mol. The average Bonchev–Trinajstić information content (AvgIpc) is 2.89. The second-order valence-corrected chi connectivity index (χ2v) is 6.70. The molecule has 0 aromatic heterocycles. The molecule has 0 saturated carbocycles. The van der Waals surface area contributed by atoms with Crippen LogP contribution in [0.25, 0.3) is 6.08 Å². The number of hydrogen-bond acceptors (Lipinski definition) is 3. The van der Waals surface area contributed by atoms with Crippen molar-refractivity contribution in [1.82, 2.24) is 0 Å². The molecule has 1 amide bonds. The Morgan fingerprint density at radius 3 is 2.44 bits per heavy atom. The predicted molar refractivity (Wildman–Crippen MR) is 108 cm³/mol. The van der Waals surface area contributed by atoms with E-state index < -0.39 is 5.97 Å². The Labute approximate surface area is 167 Å². The minimum atomic E-state index is -0.534. The van der Waals surface area contributed by atoms with E-state index in [0.29, 0.717) is 27.0 Å². The molecule has 0 aliphatic carbocycles. The van der Waals surface area contributed by atoms with Crippen LogP contribution in [-0.4, -0.2) is 18.5 Å². The lowest BCUT2D eigenvalue weighted by Gasteiger charge is -2.17. The van der Waals surface area contributed by atoms with Crippen molar-refractivity contribution in [3.63, 3.8) is 0 Å². The second-order valence-electron chi connectivity index (χ2n) is 5.89. The van der Waals surface area contributed by atoms with Crippen molar-refractivity contribution >= 4 is 46.8 Å². The molecule has 0 radical (unpaired) electrons. The van der Waals surface area contributed by atoms with E-state index in [1.165, 1.54) is 4.90 Å². The van der Waals surface area contributed by atoms with Gasteiger partial charge in [-0.25, -0.2) is 4.79 Å². The molecule has 1 aliphatic heterocycles. The zero-order chi connectivity index (χ0) is 19.6. The maximum Gasteiger partial charge on any atom is 0.340 e. The number of halogens is 2. The first-order chi connectivity index (χ1) is 12.9. The van der Waals surface area contributed by atoms with E-state index in [4.69, 9.17) is 27.9 Å². The Bertz CT molecular complexity index is 965. The minimum absolute atomic E-state index is 0.217. The number of nitrogens with zero attached hydrogens (tertiary/aromatic N) is 1. The summed E-state index contributed by atoms with van der Waals surface area (Å²) < 4.78 is 5.18. The highest BCUT2D eigenvalue weighted by Gasteiger charge is 2.37. The average molecular weight is 402 g/mol. The van der Waals surface area contributed by atoms with Gasteiger partial charge in [0.1, 0.15) is 0 Å². The Morgan fingerprint density at radius 1 is 1.11 bits per heavy atom. The summed E-state index contributed by atoms with van der Waals surface area (Å²) in [6, 6.07) is 14.2. The van der Waals surface area contributed by atoms with Gasteiger partial charge in [-0.05, 0) is 49.8 Å². The lowest BCUT2D eigenvalue weighted by Crippen LogP contribution is -2.24. The van der Waals surface area contributed by atoms with E-state index in [1.807, 2.05) is 30.3 Å². The summed E-state index contributed by atoms with van der Waals surface area (Å²) in [6.07, 6.45) is 1.63. The SMILES string of the molecule is CCOC(=O)C1=C(C)N(c2ccccc2)C(=O)/C1=C\c1ccc(Cl)c(Cl)c1. The van der Waals surface area contributed by atoms with Crippen LogP contribution in [0.5, 0.6) is 0 Å². The molecule has 3 rings (SSSR count). The van der Waals surface area contributed by atoms with Gasteiger partial charge in [-0.1, -0.05) is 47.5 Å². The largest absolute Gasteiger partial charge is 0.462 e. The Kier molecular flexibility index (Phi) is 5.68. The third-order valence-corrected chi connectivity index (χ3v) is 4.89. The summed E-state index contributed by atoms with van der Waals surface area (Å²) in [6.45, 7) is 3.67. The van der Waals surface area contributed by atoms with Crippen LogP contribution < -0.4 is 4.90 Å². The van der Waals surface area contributed by atoms with Gasteiger partial charge in [0.25, 0.3) is 5.91 Å². The number of allylic oxidation sites excluding steroid dienone is 1. The number of benzene rings is 2. The van der Waals surface area contributed by atoms with Crippen molar-refractivity contribution < 1.29 is 14.3 Å². The molecule has 0 unspecified atom stereocenters. The number of ether oxygens (including phenoxy) is 1. The highest BCUT2D eigenvalue weighted by Crippen LogP contribution is 2.36. The third-order valence-electron chi connectivity index (χ3n) is 4.15. The summed E-state index contributed by atoms with van der Waals surface area (Å²) in [5.74, 6) is -0.832. The molecule has 1 aliphatic rings. The van der Waals surface area contributed by atoms with Gasteiger partial charge in [-0.3, -0.25) is 9.69 Å². The van der Waals surface area contributed by atoms with Gasteiger partial charge < -0.3 is 4.74 Å². The van der Waals surface area contributed by atoms with E-state index in [-0.39, 0.29) is 23.7 Å². The fourth-order valence-corrected chi connectivity index (χ4v) is 3.24. The van der Waals surface area contributed by atoms with Crippen molar-refractivity contribution in [2.75, 3.05) is 11.5 Å². The fourth-order valence-electron chi connectivity index (χ4n) is 2.94. The van der Waals surface area contributed by atoms with Crippen LogP contribution in [0.2, 0.25) is 10.0 Å². The van der Waals surface area contributed by atoms with Crippen molar-refractivity contribution in [3.05, 3.63) is 81.0 Å². The minimum Gasteiger partial charge on any atom is -0.462 e. The third kappa shape index (κ3) is 3.77. The zero-order valence-corrected chi connectivity index (χ0v) is 16.3. The van der Waals surface area contributed by atoms with Crippen LogP contribution >= 0.6 is 23.2 Å². The van der Waals surface area contributed by atoms with Crippen LogP contribution in [0.3, 0.4) is 0 Å². The summed E-state index contributed by atoms with van der Waals surface area (Å²) in [5.41, 5.74) is 2.37. The summed E-state index contributed by atoms with van der Waals surface area (Å²) in [5, 5.41) is 0.787. The van der Waals surface area contributed by atoms with Crippen LogP contribution in [-0.2, 0) is 14.3 Å². The van der Waals surface area contributed by atoms with E-state index >= 15 is 0 Å². The molecule has 27 heavy (non-hydrogen) atoms. The molecular formula is C21H17Cl2NO3. The van der Waals surface area contributed by atoms with Crippen molar-refractivity contribution in [2.45, 2.75) is 13.8 Å². The van der Waals surface area contributed by atoms with Gasteiger partial charge in [-0.15, -0.1) is 0 Å². The van der Waals surface area contributed by atoms with E-state index in [1.54, 1.807) is 38.1 Å². The molecule has 4 nitrogen and oxygen atoms in total. The van der Waals surface area contributed by atoms with Crippen molar-refractivity contribution in [2.24, 2.45) is 0 Å². The van der Waals surface area contributed by atoms with Crippen LogP contribution in [0.15, 0.2) is 65.4 Å². The smallest absolute Gasteiger partial charge is 0.340 e. The van der Waals surface area contributed by atoms with E-state index in [2.05, 4.69) is 0 Å². The van der Waals surface area contributed by atoms with Gasteiger partial charge in [0.15, 0.2) is 0 Å². The number of rotatable bonds is 4. The monoisotopic (exact) mass is 401 g/mol. The van der Waals surface area contributed by atoms with E-state index in [9.17, 15) is 9.59 Å². The van der Waals surface area contributed by atoms with E-state index in [0.717, 1.165) is 0 Å². The molecule has 138 valence electrons. The topological polar surface area (TPSA) is 46.6 Å². The molecule has 0 fully saturated rings. The first kappa shape index (κ1) is 19.2. The van der Waals surface area contributed by atoms with Gasteiger partial charge >= 0.3 is 5.97 Å². The van der Waals surface area contributed by atoms with Gasteiger partial charge in [-0.2, -0.15) is 0 Å². The van der Waals surface area contributed by atoms with Gasteiger partial charge in [0, 0.05) is 11.4 Å². The van der Waals surface area contributed by atoms with Gasteiger partial charge in [0.05, 0.1) is 27.8 Å². The molecule has 1 heterocycles. The number of hydrogen-bond donors (Lipinski definition) is 0. The zero-order valence-electron chi connectivity index (χ0n) is 14.8. The Morgan fingerprint density at radius 2 is 1.81 bits per heavy atom. The van der Waals surface area contributed by atoms with Gasteiger partial charge in [0.2, 0.25) is 0 Å². The van der Waals surface area contributed by atoms with Crippen LogP contribution in [0, 0.1) is 0 Å². The summed E-state index contributed by atoms with van der Waals surface area (Å²) in [7, 11) is 0. The lowest BCUT2D eigenvalue weighted by molar-refractivity contribution is -0.138. The van der Waals surface area contributed by atoms with Crippen LogP contribution in [0.1, 0.15) is 19.4 Å². The number of amides is 1. The fraction of sp³-hybridized carbons (Fsp3) is 0.143. The molecule has 2 aromatic rings. The Balaban J connectivity index is 2.13. The van der Waals surface area contributed by atoms with Crippen molar-refractivity contribution in [1.29, 1.82) is 0 Å². The Hall–Kier alpha value is -2.56. The molecule has 0 spiro atoms. The standard InChI is InChI=1S/C21H17Cl2NO3/c1-3-27-21(26)19-13(2)24(15-7-5-4-6-8-15)20(25)16(19)11-14-9-10-17(22)18(23)12-14/h4-12H,3H2,1-2H3/b16-11-. The number of para-hydroxylation sites is 1. The predicted octanol–water partition coefficient (Wildman–Crippen LogP) is 5.26. The quantitative estimate of drug-likeness (QED) is 0.518. The number of carbonyl (C=O) groups excluding carboxylic acids is 2. The first-order valence-electron chi connectivity index (χ1n) is 8.38. The highest BCUT2D eigenvalue weighted by atomic mass is 35.5. The highest BCUT2D eigenvalue weighted by molar-refractivity contribution is 6.42. The maximum absolute atomic E-state index is 13.1. The number of carbonyl (C=O) groups is 2. The van der Waals surface area contributed by atoms with Crippen molar-refractivity contribution in [3.8, 4) is 0 Å². The molecule has 0 bridgehead atoms. The molecule has 0 N–H and O–H groups in total. The molecule has 2 aromatic carbocycles.